The van der Waals surface area contributed by atoms with Crippen LogP contribution >= 0.6 is 0 Å². The fraction of sp³-hybridized carbons (Fsp3) is 0.889. The number of hydrogen-bond acceptors (Lipinski definition) is 9. The van der Waals surface area contributed by atoms with Crippen LogP contribution in [0.2, 0.25) is 0 Å². The topological polar surface area (TPSA) is 138 Å². The SMILES string of the molecule is CC(=O)OCC1O[C@H](OCCOCCOCCN=[N+]=[N-])C(C)[C@@H](C)[C@H]1OC(C)=O. The Balaban J connectivity index is 2.39. The Morgan fingerprint density at radius 3 is 2.28 bits per heavy atom. The average Bonchev–Trinajstić information content (AvgIpc) is 2.67. The van der Waals surface area contributed by atoms with Crippen molar-refractivity contribution in [3.8, 4) is 0 Å². The Morgan fingerprint density at radius 2 is 1.66 bits per heavy atom. The minimum atomic E-state index is -0.607. The largest absolute Gasteiger partial charge is 0.463 e. The minimum absolute atomic E-state index is 0.0200. The van der Waals surface area contributed by atoms with Crippen LogP contribution in [0.25, 0.3) is 10.4 Å². The van der Waals surface area contributed by atoms with Crippen molar-refractivity contribution in [2.24, 2.45) is 17.0 Å². The molecule has 0 aromatic heterocycles. The van der Waals surface area contributed by atoms with Crippen LogP contribution in [-0.2, 0) is 38.0 Å². The summed E-state index contributed by atoms with van der Waals surface area (Å²) >= 11 is 0. The molecule has 1 rings (SSSR count). The highest BCUT2D eigenvalue weighted by molar-refractivity contribution is 5.66. The monoisotopic (exact) mass is 417 g/mol. The zero-order valence-electron chi connectivity index (χ0n) is 17.4. The van der Waals surface area contributed by atoms with Crippen LogP contribution in [0.5, 0.6) is 0 Å². The lowest BCUT2D eigenvalue weighted by atomic mass is 9.84. The highest BCUT2D eigenvalue weighted by Crippen LogP contribution is 2.33. The van der Waals surface area contributed by atoms with E-state index in [9.17, 15) is 9.59 Å². The number of ether oxygens (including phenoxy) is 6. The smallest absolute Gasteiger partial charge is 0.303 e. The average molecular weight is 417 g/mol. The van der Waals surface area contributed by atoms with Crippen LogP contribution < -0.4 is 0 Å². The molecule has 0 aromatic carbocycles. The fourth-order valence-corrected chi connectivity index (χ4v) is 2.85. The number of hydrogen-bond donors (Lipinski definition) is 0. The summed E-state index contributed by atoms with van der Waals surface area (Å²) in [5.41, 5.74) is 8.14. The van der Waals surface area contributed by atoms with Gasteiger partial charge in [-0.25, -0.2) is 0 Å². The second-order valence-corrected chi connectivity index (χ2v) is 6.69. The van der Waals surface area contributed by atoms with Crippen molar-refractivity contribution >= 4 is 11.9 Å². The number of rotatable bonds is 13. The molecule has 0 amide bonds. The van der Waals surface area contributed by atoms with Crippen LogP contribution in [0.3, 0.4) is 0 Å². The molecule has 0 spiro atoms. The van der Waals surface area contributed by atoms with Crippen molar-refractivity contribution in [3.63, 3.8) is 0 Å². The standard InChI is InChI=1S/C18H31N3O8/c1-12-13(2)18(26-10-9-25-8-7-24-6-5-20-21-19)29-16(11-27-14(3)22)17(12)28-15(4)23/h12-13,16-18H,5-11H2,1-4H3/t12-,13?,16?,17-,18+/m1/s1. The molecule has 1 saturated heterocycles. The van der Waals surface area contributed by atoms with Gasteiger partial charge in [-0.1, -0.05) is 19.0 Å². The maximum Gasteiger partial charge on any atom is 0.303 e. The molecule has 1 aliphatic rings. The number of esters is 2. The molecule has 0 aromatic rings. The highest BCUT2D eigenvalue weighted by Gasteiger charge is 2.44. The predicted octanol–water partition coefficient (Wildman–Crippen LogP) is 1.84. The van der Waals surface area contributed by atoms with E-state index in [1.165, 1.54) is 13.8 Å². The van der Waals surface area contributed by atoms with Crippen molar-refractivity contribution in [1.29, 1.82) is 0 Å². The van der Waals surface area contributed by atoms with Crippen LogP contribution in [-0.4, -0.2) is 76.6 Å². The third-order valence-electron chi connectivity index (χ3n) is 4.49. The molecule has 5 atom stereocenters. The van der Waals surface area contributed by atoms with E-state index in [-0.39, 0.29) is 25.0 Å². The van der Waals surface area contributed by atoms with E-state index in [0.29, 0.717) is 33.0 Å². The van der Waals surface area contributed by atoms with Crippen LogP contribution in [0.1, 0.15) is 27.7 Å². The first-order chi connectivity index (χ1) is 13.9. The summed E-state index contributed by atoms with van der Waals surface area (Å²) in [6.45, 7) is 8.59. The lowest BCUT2D eigenvalue weighted by molar-refractivity contribution is -0.275. The Bertz CT molecular complexity index is 555. The molecule has 0 aliphatic carbocycles. The Labute approximate surface area is 170 Å². The Kier molecular flexibility index (Phi) is 12.2. The molecule has 166 valence electrons. The summed E-state index contributed by atoms with van der Waals surface area (Å²) in [4.78, 5) is 25.2. The van der Waals surface area contributed by atoms with Gasteiger partial charge >= 0.3 is 11.9 Å². The summed E-state index contributed by atoms with van der Waals surface area (Å²) in [7, 11) is 0. The van der Waals surface area contributed by atoms with Crippen molar-refractivity contribution in [2.75, 3.05) is 46.2 Å². The molecule has 1 aliphatic heterocycles. The molecular formula is C18H31N3O8. The van der Waals surface area contributed by atoms with E-state index >= 15 is 0 Å². The third-order valence-corrected chi connectivity index (χ3v) is 4.49. The Hall–Kier alpha value is -1.91. The lowest BCUT2D eigenvalue weighted by Crippen LogP contribution is -2.53. The number of carbonyl (C=O) groups is 2. The maximum atomic E-state index is 11.4. The molecule has 2 unspecified atom stereocenters. The van der Waals surface area contributed by atoms with Crippen LogP contribution in [0, 0.1) is 11.8 Å². The summed E-state index contributed by atoms with van der Waals surface area (Å²) < 4.78 is 32.8. The fourth-order valence-electron chi connectivity index (χ4n) is 2.85. The van der Waals surface area contributed by atoms with Crippen molar-refractivity contribution in [3.05, 3.63) is 10.4 Å². The highest BCUT2D eigenvalue weighted by atomic mass is 16.7. The van der Waals surface area contributed by atoms with Gasteiger partial charge in [0, 0.05) is 37.1 Å². The van der Waals surface area contributed by atoms with Crippen molar-refractivity contribution in [1.82, 2.24) is 0 Å². The van der Waals surface area contributed by atoms with Gasteiger partial charge in [0.05, 0.1) is 33.0 Å². The minimum Gasteiger partial charge on any atom is -0.463 e. The van der Waals surface area contributed by atoms with Crippen LogP contribution in [0.15, 0.2) is 5.11 Å². The van der Waals surface area contributed by atoms with E-state index in [4.69, 9.17) is 34.0 Å². The molecular weight excluding hydrogens is 386 g/mol. The van der Waals surface area contributed by atoms with Crippen LogP contribution in [0.4, 0.5) is 0 Å². The van der Waals surface area contributed by atoms with Gasteiger partial charge in [-0.2, -0.15) is 0 Å². The molecule has 11 heteroatoms. The van der Waals surface area contributed by atoms with Gasteiger partial charge in [0.2, 0.25) is 0 Å². The molecule has 29 heavy (non-hydrogen) atoms. The van der Waals surface area contributed by atoms with E-state index in [1.54, 1.807) is 0 Å². The number of azide groups is 1. The molecule has 0 saturated carbocycles. The zero-order valence-corrected chi connectivity index (χ0v) is 17.4. The van der Waals surface area contributed by atoms with Crippen molar-refractivity contribution in [2.45, 2.75) is 46.2 Å². The summed E-state index contributed by atoms with van der Waals surface area (Å²) in [5, 5.41) is 3.36. The van der Waals surface area contributed by atoms with Gasteiger partial charge in [0.15, 0.2) is 6.29 Å². The van der Waals surface area contributed by atoms with E-state index in [1.807, 2.05) is 13.8 Å². The number of carbonyl (C=O) groups excluding carboxylic acids is 2. The maximum absolute atomic E-state index is 11.4. The molecule has 11 nitrogen and oxygen atoms in total. The normalized spacial score (nSPS) is 26.4. The first kappa shape index (κ1) is 25.1. The molecule has 1 heterocycles. The summed E-state index contributed by atoms with van der Waals surface area (Å²) in [6, 6.07) is 0. The molecule has 0 radical (unpaired) electrons. The Morgan fingerprint density at radius 1 is 1.00 bits per heavy atom. The van der Waals surface area contributed by atoms with Gasteiger partial charge < -0.3 is 28.4 Å². The molecule has 0 bridgehead atoms. The predicted molar refractivity (Wildman–Crippen MR) is 101 cm³/mol. The van der Waals surface area contributed by atoms with Gasteiger partial charge in [0.25, 0.3) is 0 Å². The molecule has 0 N–H and O–H groups in total. The first-order valence-electron chi connectivity index (χ1n) is 9.60. The van der Waals surface area contributed by atoms with Gasteiger partial charge in [0.1, 0.15) is 18.8 Å². The summed E-state index contributed by atoms with van der Waals surface area (Å²) in [5.74, 6) is -0.950. The van der Waals surface area contributed by atoms with E-state index in [0.717, 1.165) is 0 Å². The second-order valence-electron chi connectivity index (χ2n) is 6.69. The summed E-state index contributed by atoms with van der Waals surface area (Å²) in [6.07, 6.45) is -1.68. The zero-order chi connectivity index (χ0) is 21.6. The van der Waals surface area contributed by atoms with E-state index in [2.05, 4.69) is 10.0 Å². The molecule has 1 fully saturated rings. The lowest BCUT2D eigenvalue weighted by Gasteiger charge is -2.43. The van der Waals surface area contributed by atoms with Gasteiger partial charge in [-0.15, -0.1) is 0 Å². The van der Waals surface area contributed by atoms with E-state index < -0.39 is 30.4 Å². The quantitative estimate of drug-likeness (QED) is 0.145. The van der Waals surface area contributed by atoms with Gasteiger partial charge in [-0.05, 0) is 5.53 Å². The first-order valence-corrected chi connectivity index (χ1v) is 9.60. The number of nitrogens with zero attached hydrogens (tertiary/aromatic N) is 3. The second kappa shape index (κ2) is 14.1. The van der Waals surface area contributed by atoms with Crippen molar-refractivity contribution < 1.29 is 38.0 Å². The van der Waals surface area contributed by atoms with Gasteiger partial charge in [-0.3, -0.25) is 9.59 Å². The third kappa shape index (κ3) is 9.91.